The van der Waals surface area contributed by atoms with Gasteiger partial charge in [0.1, 0.15) is 6.33 Å². The van der Waals surface area contributed by atoms with Crippen LogP contribution in [0.3, 0.4) is 0 Å². The molecule has 1 aliphatic heterocycles. The van der Waals surface area contributed by atoms with E-state index in [0.29, 0.717) is 11.9 Å². The van der Waals surface area contributed by atoms with Gasteiger partial charge in [-0.05, 0) is 19.9 Å². The standard InChI is InChI=1S/C9H15N5O/c1-10-7-3-2-4-14(5-7)9(15)8-11-6-12-13-8/h6-7,10H,2-5H2,1H3,(H,11,12,13). The fraction of sp³-hybridized carbons (Fsp3) is 0.667. The molecule has 1 fully saturated rings. The minimum atomic E-state index is -0.0625. The van der Waals surface area contributed by atoms with E-state index in [-0.39, 0.29) is 5.91 Å². The summed E-state index contributed by atoms with van der Waals surface area (Å²) in [5, 5.41) is 9.47. The van der Waals surface area contributed by atoms with Crippen molar-refractivity contribution in [3.8, 4) is 0 Å². The van der Waals surface area contributed by atoms with E-state index in [0.717, 1.165) is 25.9 Å². The molecule has 1 unspecified atom stereocenters. The summed E-state index contributed by atoms with van der Waals surface area (Å²) in [5.41, 5.74) is 0. The molecule has 0 bridgehead atoms. The van der Waals surface area contributed by atoms with Crippen LogP contribution in [0.15, 0.2) is 6.33 Å². The Balaban J connectivity index is 2.01. The van der Waals surface area contributed by atoms with E-state index in [4.69, 9.17) is 0 Å². The average molecular weight is 209 g/mol. The van der Waals surface area contributed by atoms with Crippen LogP contribution in [0.4, 0.5) is 0 Å². The lowest BCUT2D eigenvalue weighted by Gasteiger charge is -2.31. The van der Waals surface area contributed by atoms with Crippen molar-refractivity contribution in [3.63, 3.8) is 0 Å². The summed E-state index contributed by atoms with van der Waals surface area (Å²) < 4.78 is 0. The number of likely N-dealkylation sites (tertiary alicyclic amines) is 1. The van der Waals surface area contributed by atoms with Gasteiger partial charge in [-0.25, -0.2) is 4.98 Å². The number of hydrogen-bond donors (Lipinski definition) is 2. The highest BCUT2D eigenvalue weighted by Crippen LogP contribution is 2.11. The normalized spacial score (nSPS) is 21.7. The number of amides is 1. The van der Waals surface area contributed by atoms with Gasteiger partial charge in [0.2, 0.25) is 5.82 Å². The van der Waals surface area contributed by atoms with E-state index >= 15 is 0 Å². The maximum atomic E-state index is 11.9. The molecule has 6 nitrogen and oxygen atoms in total. The second-order valence-corrected chi connectivity index (χ2v) is 3.71. The van der Waals surface area contributed by atoms with Gasteiger partial charge in [0.25, 0.3) is 5.91 Å². The van der Waals surface area contributed by atoms with Crippen molar-refractivity contribution in [1.82, 2.24) is 25.4 Å². The fourth-order valence-electron chi connectivity index (χ4n) is 1.86. The fourth-order valence-corrected chi connectivity index (χ4v) is 1.86. The third-order valence-electron chi connectivity index (χ3n) is 2.73. The Bertz CT molecular complexity index is 323. The summed E-state index contributed by atoms with van der Waals surface area (Å²) in [5.74, 6) is 0.263. The molecule has 2 N–H and O–H groups in total. The molecule has 15 heavy (non-hydrogen) atoms. The van der Waals surface area contributed by atoms with Crippen molar-refractivity contribution in [2.45, 2.75) is 18.9 Å². The molecule has 1 aliphatic rings. The number of piperidine rings is 1. The molecule has 1 aromatic heterocycles. The lowest BCUT2D eigenvalue weighted by atomic mass is 10.1. The van der Waals surface area contributed by atoms with Crippen molar-refractivity contribution in [2.75, 3.05) is 20.1 Å². The number of nitrogens with zero attached hydrogens (tertiary/aromatic N) is 3. The monoisotopic (exact) mass is 209 g/mol. The first kappa shape index (κ1) is 10.1. The molecule has 6 heteroatoms. The second kappa shape index (κ2) is 4.39. The lowest BCUT2D eigenvalue weighted by molar-refractivity contribution is 0.0686. The summed E-state index contributed by atoms with van der Waals surface area (Å²) >= 11 is 0. The summed E-state index contributed by atoms with van der Waals surface area (Å²) in [6.07, 6.45) is 3.51. The minimum Gasteiger partial charge on any atom is -0.334 e. The van der Waals surface area contributed by atoms with Gasteiger partial charge in [0.05, 0.1) is 0 Å². The molecule has 0 radical (unpaired) electrons. The highest BCUT2D eigenvalue weighted by atomic mass is 16.2. The first-order valence-electron chi connectivity index (χ1n) is 5.13. The molecular weight excluding hydrogens is 194 g/mol. The van der Waals surface area contributed by atoms with Gasteiger partial charge in [-0.1, -0.05) is 0 Å². The van der Waals surface area contributed by atoms with E-state index in [9.17, 15) is 4.79 Å². The zero-order chi connectivity index (χ0) is 10.7. The van der Waals surface area contributed by atoms with Crippen LogP contribution >= 0.6 is 0 Å². The van der Waals surface area contributed by atoms with E-state index in [1.54, 1.807) is 0 Å². The van der Waals surface area contributed by atoms with Crippen LogP contribution in [-0.2, 0) is 0 Å². The third kappa shape index (κ3) is 2.15. The van der Waals surface area contributed by atoms with E-state index < -0.39 is 0 Å². The van der Waals surface area contributed by atoms with Crippen LogP contribution in [0, 0.1) is 0 Å². The van der Waals surface area contributed by atoms with Crippen LogP contribution in [0.5, 0.6) is 0 Å². The number of rotatable bonds is 2. The molecule has 0 aliphatic carbocycles. The Labute approximate surface area is 88.1 Å². The lowest BCUT2D eigenvalue weighted by Crippen LogP contribution is -2.47. The van der Waals surface area contributed by atoms with Crippen LogP contribution in [0.1, 0.15) is 23.5 Å². The number of H-pyrrole nitrogens is 1. The van der Waals surface area contributed by atoms with Gasteiger partial charge in [-0.2, -0.15) is 5.10 Å². The van der Waals surface area contributed by atoms with Gasteiger partial charge < -0.3 is 10.2 Å². The number of aromatic nitrogens is 3. The van der Waals surface area contributed by atoms with Crippen LogP contribution in [-0.4, -0.2) is 52.2 Å². The van der Waals surface area contributed by atoms with Gasteiger partial charge in [0, 0.05) is 19.1 Å². The summed E-state index contributed by atoms with van der Waals surface area (Å²) in [6, 6.07) is 0.394. The number of nitrogens with one attached hydrogen (secondary N) is 2. The third-order valence-corrected chi connectivity index (χ3v) is 2.73. The van der Waals surface area contributed by atoms with E-state index in [2.05, 4.69) is 20.5 Å². The SMILES string of the molecule is CNC1CCCN(C(=O)c2ncn[nH]2)C1. The van der Waals surface area contributed by atoms with Crippen molar-refractivity contribution < 1.29 is 4.79 Å². The molecule has 2 heterocycles. The average Bonchev–Trinajstić information content (AvgIpc) is 2.81. The Morgan fingerprint density at radius 1 is 1.73 bits per heavy atom. The highest BCUT2D eigenvalue weighted by molar-refractivity contribution is 5.90. The Morgan fingerprint density at radius 2 is 2.60 bits per heavy atom. The number of hydrogen-bond acceptors (Lipinski definition) is 4. The maximum Gasteiger partial charge on any atom is 0.291 e. The van der Waals surface area contributed by atoms with Crippen LogP contribution < -0.4 is 5.32 Å². The largest absolute Gasteiger partial charge is 0.334 e. The van der Waals surface area contributed by atoms with Gasteiger partial charge in [0.15, 0.2) is 0 Å². The number of aromatic amines is 1. The highest BCUT2D eigenvalue weighted by Gasteiger charge is 2.24. The number of likely N-dealkylation sites (N-methyl/N-ethyl adjacent to an activating group) is 1. The zero-order valence-electron chi connectivity index (χ0n) is 8.73. The summed E-state index contributed by atoms with van der Waals surface area (Å²) in [7, 11) is 1.92. The molecular formula is C9H15N5O. The van der Waals surface area contributed by atoms with Gasteiger partial charge in [-0.15, -0.1) is 0 Å². The molecule has 0 saturated carbocycles. The Kier molecular flexibility index (Phi) is 2.96. The van der Waals surface area contributed by atoms with E-state index in [1.165, 1.54) is 6.33 Å². The smallest absolute Gasteiger partial charge is 0.291 e. The van der Waals surface area contributed by atoms with E-state index in [1.807, 2.05) is 11.9 Å². The Morgan fingerprint density at radius 3 is 3.27 bits per heavy atom. The van der Waals surface area contributed by atoms with Gasteiger partial charge in [-0.3, -0.25) is 9.89 Å². The topological polar surface area (TPSA) is 73.9 Å². The van der Waals surface area contributed by atoms with Crippen LogP contribution in [0.2, 0.25) is 0 Å². The zero-order valence-corrected chi connectivity index (χ0v) is 8.73. The van der Waals surface area contributed by atoms with Crippen LogP contribution in [0.25, 0.3) is 0 Å². The minimum absolute atomic E-state index is 0.0625. The molecule has 82 valence electrons. The summed E-state index contributed by atoms with van der Waals surface area (Å²) in [6.45, 7) is 1.55. The predicted octanol–water partition coefficient (Wildman–Crippen LogP) is -0.371. The maximum absolute atomic E-state index is 11.9. The van der Waals surface area contributed by atoms with Gasteiger partial charge >= 0.3 is 0 Å². The predicted molar refractivity (Wildman–Crippen MR) is 54.4 cm³/mol. The quantitative estimate of drug-likeness (QED) is 0.697. The molecule has 1 saturated heterocycles. The van der Waals surface area contributed by atoms with Crippen molar-refractivity contribution >= 4 is 5.91 Å². The summed E-state index contributed by atoms with van der Waals surface area (Å²) in [4.78, 5) is 17.6. The molecule has 1 amide bonds. The molecule has 0 aromatic carbocycles. The van der Waals surface area contributed by atoms with Crippen molar-refractivity contribution in [3.05, 3.63) is 12.2 Å². The van der Waals surface area contributed by atoms with Crippen molar-refractivity contribution in [1.29, 1.82) is 0 Å². The molecule has 1 atom stereocenters. The number of carbonyl (C=O) groups is 1. The second-order valence-electron chi connectivity index (χ2n) is 3.71. The molecule has 1 aromatic rings. The van der Waals surface area contributed by atoms with Crippen molar-refractivity contribution in [2.24, 2.45) is 0 Å². The molecule has 0 spiro atoms. The number of carbonyl (C=O) groups excluding carboxylic acids is 1. The Hall–Kier alpha value is -1.43. The first-order valence-corrected chi connectivity index (χ1v) is 5.13. The first-order chi connectivity index (χ1) is 7.31. The molecule has 2 rings (SSSR count).